The van der Waals surface area contributed by atoms with E-state index >= 15 is 0 Å². The molecule has 1 unspecified atom stereocenters. The maximum Gasteiger partial charge on any atom is 0.305 e. The normalized spacial score (nSPS) is 12.7. The fourth-order valence-electron chi connectivity index (χ4n) is 0.739. The van der Waals surface area contributed by atoms with Crippen LogP contribution in [0.25, 0.3) is 0 Å². The van der Waals surface area contributed by atoms with Crippen molar-refractivity contribution in [3.8, 4) is 0 Å². The van der Waals surface area contributed by atoms with Gasteiger partial charge in [0.2, 0.25) is 0 Å². The molecule has 4 N–H and O–H groups in total. The molecule has 6 heteroatoms. The van der Waals surface area contributed by atoms with Crippen molar-refractivity contribution < 1.29 is 24.9 Å². The molecule has 0 radical (unpaired) electrons. The third kappa shape index (κ3) is 9.40. The van der Waals surface area contributed by atoms with Crippen LogP contribution in [0.15, 0.2) is 0 Å². The fraction of sp³-hybridized carbons (Fsp3) is 0.875. The maximum atomic E-state index is 10.1. The minimum Gasteiger partial charge on any atom is -0.481 e. The monoisotopic (exact) mass is 207 g/mol. The van der Waals surface area contributed by atoms with Gasteiger partial charge in [-0.05, 0) is 0 Å². The number of hydrogen-bond donors (Lipinski definition) is 4. The Morgan fingerprint density at radius 3 is 2.71 bits per heavy atom. The van der Waals surface area contributed by atoms with Gasteiger partial charge in [-0.3, -0.25) is 4.79 Å². The Bertz CT molecular complexity index is 153. The van der Waals surface area contributed by atoms with Crippen molar-refractivity contribution in [3.05, 3.63) is 0 Å². The van der Waals surface area contributed by atoms with Gasteiger partial charge in [0.05, 0.1) is 32.3 Å². The number of carbonyl (C=O) groups is 1. The van der Waals surface area contributed by atoms with Gasteiger partial charge in [-0.1, -0.05) is 0 Å². The first-order valence-electron chi connectivity index (χ1n) is 4.46. The number of aliphatic hydroxyl groups is 2. The highest BCUT2D eigenvalue weighted by Gasteiger charge is 2.00. The molecule has 0 spiro atoms. The van der Waals surface area contributed by atoms with Gasteiger partial charge < -0.3 is 25.4 Å². The van der Waals surface area contributed by atoms with Crippen molar-refractivity contribution in [1.82, 2.24) is 5.32 Å². The number of carboxylic acid groups (broad SMARTS) is 1. The predicted molar refractivity (Wildman–Crippen MR) is 49.0 cm³/mol. The van der Waals surface area contributed by atoms with E-state index in [-0.39, 0.29) is 19.6 Å². The van der Waals surface area contributed by atoms with Gasteiger partial charge in [-0.15, -0.1) is 0 Å². The first-order valence-corrected chi connectivity index (χ1v) is 4.46. The van der Waals surface area contributed by atoms with Crippen LogP contribution in [0, 0.1) is 0 Å². The third-order valence-electron chi connectivity index (χ3n) is 1.47. The molecule has 0 amide bonds. The highest BCUT2D eigenvalue weighted by molar-refractivity contribution is 5.66. The van der Waals surface area contributed by atoms with Gasteiger partial charge in [0.1, 0.15) is 0 Å². The molecule has 0 saturated heterocycles. The van der Waals surface area contributed by atoms with E-state index in [9.17, 15) is 4.79 Å². The van der Waals surface area contributed by atoms with Crippen molar-refractivity contribution in [2.45, 2.75) is 12.5 Å². The summed E-state index contributed by atoms with van der Waals surface area (Å²) in [7, 11) is 0. The zero-order valence-corrected chi connectivity index (χ0v) is 7.98. The molecule has 14 heavy (non-hydrogen) atoms. The largest absolute Gasteiger partial charge is 0.481 e. The fourth-order valence-corrected chi connectivity index (χ4v) is 0.739. The Morgan fingerprint density at radius 1 is 1.43 bits per heavy atom. The summed E-state index contributed by atoms with van der Waals surface area (Å²) in [5.41, 5.74) is 0. The van der Waals surface area contributed by atoms with Crippen LogP contribution in [-0.2, 0) is 9.53 Å². The SMILES string of the molecule is O=C(O)CCOCCNCC(O)CO. The summed E-state index contributed by atoms with van der Waals surface area (Å²) in [6.07, 6.45) is -0.756. The molecule has 0 saturated carbocycles. The van der Waals surface area contributed by atoms with E-state index in [1.165, 1.54) is 0 Å². The third-order valence-corrected chi connectivity index (χ3v) is 1.47. The molecule has 1 atom stereocenters. The van der Waals surface area contributed by atoms with Crippen LogP contribution in [0.3, 0.4) is 0 Å². The molecule has 84 valence electrons. The number of nitrogens with one attached hydrogen (secondary N) is 1. The van der Waals surface area contributed by atoms with E-state index < -0.39 is 12.1 Å². The Balaban J connectivity index is 3.02. The number of aliphatic carboxylic acids is 1. The van der Waals surface area contributed by atoms with Gasteiger partial charge in [0.25, 0.3) is 0 Å². The van der Waals surface area contributed by atoms with Crippen LogP contribution < -0.4 is 5.32 Å². The van der Waals surface area contributed by atoms with E-state index in [1.807, 2.05) is 0 Å². The summed E-state index contributed by atoms with van der Waals surface area (Å²) < 4.78 is 4.97. The molecular formula is C8H17NO5. The van der Waals surface area contributed by atoms with Crippen LogP contribution >= 0.6 is 0 Å². The number of ether oxygens (including phenoxy) is 1. The average molecular weight is 207 g/mol. The van der Waals surface area contributed by atoms with E-state index in [2.05, 4.69) is 5.32 Å². The number of hydrogen-bond acceptors (Lipinski definition) is 5. The Morgan fingerprint density at radius 2 is 2.14 bits per heavy atom. The van der Waals surface area contributed by atoms with Crippen molar-refractivity contribution >= 4 is 5.97 Å². The lowest BCUT2D eigenvalue weighted by atomic mass is 10.4. The second-order valence-electron chi connectivity index (χ2n) is 2.80. The second kappa shape index (κ2) is 8.89. The second-order valence-corrected chi connectivity index (χ2v) is 2.80. The first-order chi connectivity index (χ1) is 6.66. The number of carboxylic acids is 1. The van der Waals surface area contributed by atoms with Crippen molar-refractivity contribution in [1.29, 1.82) is 0 Å². The lowest BCUT2D eigenvalue weighted by molar-refractivity contribution is -0.138. The van der Waals surface area contributed by atoms with Crippen LogP contribution in [0.1, 0.15) is 6.42 Å². The minimum atomic E-state index is -0.881. The van der Waals surface area contributed by atoms with E-state index in [1.54, 1.807) is 0 Å². The van der Waals surface area contributed by atoms with Crippen LogP contribution in [0.5, 0.6) is 0 Å². The van der Waals surface area contributed by atoms with Crippen molar-refractivity contribution in [3.63, 3.8) is 0 Å². The van der Waals surface area contributed by atoms with Gasteiger partial charge in [0.15, 0.2) is 0 Å². The van der Waals surface area contributed by atoms with Crippen molar-refractivity contribution in [2.75, 3.05) is 32.9 Å². The summed E-state index contributed by atoms with van der Waals surface area (Å²) in [5.74, 6) is -0.881. The highest BCUT2D eigenvalue weighted by Crippen LogP contribution is 1.82. The summed E-state index contributed by atoms with van der Waals surface area (Å²) in [6, 6.07) is 0. The van der Waals surface area contributed by atoms with Crippen LogP contribution in [0.4, 0.5) is 0 Å². The highest BCUT2D eigenvalue weighted by atomic mass is 16.5. The molecule has 0 aliphatic rings. The van der Waals surface area contributed by atoms with Gasteiger partial charge >= 0.3 is 5.97 Å². The molecule has 0 aliphatic heterocycles. The zero-order valence-electron chi connectivity index (χ0n) is 7.98. The smallest absolute Gasteiger partial charge is 0.305 e. The quantitative estimate of drug-likeness (QED) is 0.341. The number of aliphatic hydroxyl groups excluding tert-OH is 2. The molecular weight excluding hydrogens is 190 g/mol. The molecule has 0 aromatic rings. The van der Waals surface area contributed by atoms with Gasteiger partial charge in [-0.2, -0.15) is 0 Å². The van der Waals surface area contributed by atoms with Crippen molar-refractivity contribution in [2.24, 2.45) is 0 Å². The molecule has 0 rings (SSSR count). The Kier molecular flexibility index (Phi) is 8.45. The Hall–Kier alpha value is -0.690. The van der Waals surface area contributed by atoms with Crippen LogP contribution in [0.2, 0.25) is 0 Å². The number of rotatable bonds is 9. The molecule has 0 aromatic carbocycles. The molecule has 0 aromatic heterocycles. The van der Waals surface area contributed by atoms with Crippen LogP contribution in [-0.4, -0.2) is 60.3 Å². The van der Waals surface area contributed by atoms with E-state index in [4.69, 9.17) is 20.1 Å². The molecule has 6 nitrogen and oxygen atoms in total. The van der Waals surface area contributed by atoms with E-state index in [0.717, 1.165) is 0 Å². The summed E-state index contributed by atoms with van der Waals surface area (Å²) in [6.45, 7) is 1.15. The zero-order chi connectivity index (χ0) is 10.8. The van der Waals surface area contributed by atoms with Gasteiger partial charge in [0, 0.05) is 13.1 Å². The summed E-state index contributed by atoms with van der Waals surface area (Å²) >= 11 is 0. The lowest BCUT2D eigenvalue weighted by Gasteiger charge is -2.08. The maximum absolute atomic E-state index is 10.1. The first kappa shape index (κ1) is 13.3. The topological polar surface area (TPSA) is 99.0 Å². The van der Waals surface area contributed by atoms with Gasteiger partial charge in [-0.25, -0.2) is 0 Å². The molecule has 0 aliphatic carbocycles. The summed E-state index contributed by atoms with van der Waals surface area (Å²) in [4.78, 5) is 10.1. The minimum absolute atomic E-state index is 0.000729. The lowest BCUT2D eigenvalue weighted by Crippen LogP contribution is -2.31. The Labute approximate surface area is 82.5 Å². The average Bonchev–Trinajstić information content (AvgIpc) is 2.15. The predicted octanol–water partition coefficient (Wildman–Crippen LogP) is -1.58. The summed E-state index contributed by atoms with van der Waals surface area (Å²) in [5, 5.41) is 28.5. The molecule has 0 heterocycles. The van der Waals surface area contributed by atoms with E-state index in [0.29, 0.717) is 19.7 Å². The molecule has 0 fully saturated rings. The molecule has 0 bridgehead atoms. The standard InChI is InChI=1S/C8H17NO5/c10-6-7(11)5-9-2-4-14-3-1-8(12)13/h7,9-11H,1-6H2,(H,12,13).